The molecule has 1 aromatic rings. The van der Waals surface area contributed by atoms with E-state index in [9.17, 15) is 13.6 Å². The molecule has 1 rings (SSSR count). The molecular formula is C13H18F2N2O2. The van der Waals surface area contributed by atoms with Crippen LogP contribution < -0.4 is 5.32 Å². The predicted octanol–water partition coefficient (Wildman–Crippen LogP) is 3.19. The third kappa shape index (κ3) is 5.19. The van der Waals surface area contributed by atoms with E-state index in [1.807, 2.05) is 13.8 Å². The predicted molar refractivity (Wildman–Crippen MR) is 68.9 cm³/mol. The minimum Gasteiger partial charge on any atom is -0.478 e. The quantitative estimate of drug-likeness (QED) is 0.834. The molecule has 4 nitrogen and oxygen atoms in total. The highest BCUT2D eigenvalue weighted by Gasteiger charge is 2.23. The van der Waals surface area contributed by atoms with Crippen molar-refractivity contribution in [1.82, 2.24) is 4.98 Å². The van der Waals surface area contributed by atoms with Crippen molar-refractivity contribution in [3.63, 3.8) is 0 Å². The van der Waals surface area contributed by atoms with E-state index >= 15 is 0 Å². The fraction of sp³-hybridized carbons (Fsp3) is 0.538. The summed E-state index contributed by atoms with van der Waals surface area (Å²) >= 11 is 0. The maximum absolute atomic E-state index is 13.0. The van der Waals surface area contributed by atoms with Crippen LogP contribution in [0.25, 0.3) is 0 Å². The van der Waals surface area contributed by atoms with Crippen molar-refractivity contribution in [3.05, 3.63) is 23.4 Å². The number of hydrogen-bond acceptors (Lipinski definition) is 3. The molecule has 0 bridgehead atoms. The van der Waals surface area contributed by atoms with E-state index in [0.717, 1.165) is 13.3 Å². The van der Waals surface area contributed by atoms with E-state index in [1.165, 1.54) is 12.1 Å². The number of carboxylic acid groups (broad SMARTS) is 1. The minimum atomic E-state index is -2.92. The average molecular weight is 272 g/mol. The molecule has 0 fully saturated rings. The van der Waals surface area contributed by atoms with Crippen LogP contribution >= 0.6 is 0 Å². The molecule has 0 amide bonds. The number of nitrogens with one attached hydrogen (secondary N) is 1. The summed E-state index contributed by atoms with van der Waals surface area (Å²) in [4.78, 5) is 15.0. The topological polar surface area (TPSA) is 62.2 Å². The molecule has 0 aliphatic carbocycles. The van der Waals surface area contributed by atoms with Crippen LogP contribution in [0.2, 0.25) is 0 Å². The van der Waals surface area contributed by atoms with Crippen LogP contribution in [0, 0.1) is 0 Å². The third-order valence-electron chi connectivity index (χ3n) is 2.62. The lowest BCUT2D eigenvalue weighted by atomic mass is 10.1. The molecule has 0 aromatic carbocycles. The van der Waals surface area contributed by atoms with E-state index < -0.39 is 18.3 Å². The zero-order valence-electron chi connectivity index (χ0n) is 11.2. The van der Waals surface area contributed by atoms with Crippen LogP contribution in [0.15, 0.2) is 12.1 Å². The monoisotopic (exact) mass is 272 g/mol. The van der Waals surface area contributed by atoms with E-state index in [0.29, 0.717) is 5.82 Å². The summed E-state index contributed by atoms with van der Waals surface area (Å²) in [5.74, 6) is -3.76. The van der Waals surface area contributed by atoms with Gasteiger partial charge >= 0.3 is 5.97 Å². The smallest absolute Gasteiger partial charge is 0.335 e. The van der Waals surface area contributed by atoms with Gasteiger partial charge in [-0.25, -0.2) is 18.6 Å². The van der Waals surface area contributed by atoms with Gasteiger partial charge in [0.25, 0.3) is 5.92 Å². The van der Waals surface area contributed by atoms with Gasteiger partial charge in [-0.15, -0.1) is 0 Å². The second-order valence-electron chi connectivity index (χ2n) is 4.74. The van der Waals surface area contributed by atoms with Crippen molar-refractivity contribution >= 4 is 11.8 Å². The van der Waals surface area contributed by atoms with Gasteiger partial charge in [-0.2, -0.15) is 0 Å². The highest BCUT2D eigenvalue weighted by atomic mass is 19.3. The second kappa shape index (κ2) is 5.95. The van der Waals surface area contributed by atoms with Crippen LogP contribution in [-0.4, -0.2) is 28.0 Å². The van der Waals surface area contributed by atoms with E-state index in [2.05, 4.69) is 10.3 Å². The summed E-state index contributed by atoms with van der Waals surface area (Å²) in [6.07, 6.45) is 0.238. The average Bonchev–Trinajstić information content (AvgIpc) is 2.25. The van der Waals surface area contributed by atoms with Gasteiger partial charge in [-0.3, -0.25) is 0 Å². The number of hydrogen-bond donors (Lipinski definition) is 2. The number of halogens is 2. The van der Waals surface area contributed by atoms with Crippen LogP contribution in [0.4, 0.5) is 14.6 Å². The highest BCUT2D eigenvalue weighted by molar-refractivity contribution is 5.88. The number of nitrogens with zero attached hydrogens (tertiary/aromatic N) is 1. The number of rotatable bonds is 6. The molecule has 0 saturated heterocycles. The number of carbonyl (C=O) groups is 1. The van der Waals surface area contributed by atoms with Gasteiger partial charge < -0.3 is 10.4 Å². The summed E-state index contributed by atoms with van der Waals surface area (Å²) in [5, 5.41) is 12.0. The highest BCUT2D eigenvalue weighted by Crippen LogP contribution is 2.20. The molecule has 0 spiro atoms. The van der Waals surface area contributed by atoms with E-state index in [-0.39, 0.29) is 17.3 Å². The van der Waals surface area contributed by atoms with Crippen molar-refractivity contribution in [2.24, 2.45) is 0 Å². The number of aromatic nitrogens is 1. The van der Waals surface area contributed by atoms with E-state index in [4.69, 9.17) is 5.11 Å². The Morgan fingerprint density at radius 3 is 2.63 bits per heavy atom. The number of carboxylic acids is 1. The largest absolute Gasteiger partial charge is 0.478 e. The van der Waals surface area contributed by atoms with Crippen molar-refractivity contribution < 1.29 is 18.7 Å². The molecule has 2 N–H and O–H groups in total. The molecule has 106 valence electrons. The Hall–Kier alpha value is -1.72. The summed E-state index contributed by atoms with van der Waals surface area (Å²) in [5.41, 5.74) is 0.0262. The molecule has 1 atom stereocenters. The zero-order chi connectivity index (χ0) is 14.6. The Morgan fingerprint density at radius 2 is 2.16 bits per heavy atom. The number of pyridine rings is 1. The third-order valence-corrected chi connectivity index (χ3v) is 2.62. The van der Waals surface area contributed by atoms with Crippen LogP contribution in [-0.2, 0) is 6.42 Å². The van der Waals surface area contributed by atoms with E-state index in [1.54, 1.807) is 0 Å². The fourth-order valence-corrected chi connectivity index (χ4v) is 1.55. The Morgan fingerprint density at radius 1 is 1.53 bits per heavy atom. The van der Waals surface area contributed by atoms with Gasteiger partial charge in [0.15, 0.2) is 0 Å². The van der Waals surface area contributed by atoms with Gasteiger partial charge in [0.1, 0.15) is 5.82 Å². The lowest BCUT2D eigenvalue weighted by molar-refractivity contribution is 0.0216. The molecule has 19 heavy (non-hydrogen) atoms. The first-order valence-electron chi connectivity index (χ1n) is 6.10. The van der Waals surface area contributed by atoms with Gasteiger partial charge in [-0.05, 0) is 32.4 Å². The molecule has 0 saturated carbocycles. The van der Waals surface area contributed by atoms with Crippen molar-refractivity contribution in [3.8, 4) is 0 Å². The molecule has 0 aliphatic heterocycles. The molecule has 6 heteroatoms. The second-order valence-corrected chi connectivity index (χ2v) is 4.74. The van der Waals surface area contributed by atoms with Gasteiger partial charge in [0.05, 0.1) is 12.0 Å². The zero-order valence-corrected chi connectivity index (χ0v) is 11.2. The fourth-order valence-electron chi connectivity index (χ4n) is 1.55. The van der Waals surface area contributed by atoms with Crippen LogP contribution in [0.3, 0.4) is 0 Å². The minimum absolute atomic E-state index is 0.0416. The molecule has 1 aromatic heterocycles. The molecule has 0 radical (unpaired) electrons. The van der Waals surface area contributed by atoms with Gasteiger partial charge in [0, 0.05) is 11.7 Å². The van der Waals surface area contributed by atoms with Gasteiger partial charge in [0.2, 0.25) is 0 Å². The first-order chi connectivity index (χ1) is 8.71. The van der Waals surface area contributed by atoms with Crippen molar-refractivity contribution in [1.29, 1.82) is 0 Å². The number of aromatic carboxylic acids is 1. The lowest BCUT2D eigenvalue weighted by Crippen LogP contribution is -2.18. The van der Waals surface area contributed by atoms with Crippen molar-refractivity contribution in [2.45, 2.75) is 45.6 Å². The molecular weight excluding hydrogens is 254 g/mol. The van der Waals surface area contributed by atoms with Crippen molar-refractivity contribution in [2.75, 3.05) is 5.32 Å². The number of anilines is 1. The molecule has 1 heterocycles. The number of alkyl halides is 2. The first kappa shape index (κ1) is 15.3. The Labute approximate surface area is 110 Å². The molecule has 1 unspecified atom stereocenters. The first-order valence-corrected chi connectivity index (χ1v) is 6.10. The maximum Gasteiger partial charge on any atom is 0.335 e. The Bertz CT molecular complexity index is 458. The summed E-state index contributed by atoms with van der Waals surface area (Å²) < 4.78 is 26.0. The SMILES string of the molecule is CCC(C)Nc1cc(C(=O)O)cc(CC(C)(F)F)n1. The maximum atomic E-state index is 13.0. The summed E-state index contributed by atoms with van der Waals surface area (Å²) in [6, 6.07) is 2.62. The Balaban J connectivity index is 3.07. The Kier molecular flexibility index (Phi) is 4.80. The summed E-state index contributed by atoms with van der Waals surface area (Å²) in [7, 11) is 0. The summed E-state index contributed by atoms with van der Waals surface area (Å²) in [6.45, 7) is 4.65. The normalized spacial score (nSPS) is 13.1. The molecule has 0 aliphatic rings. The van der Waals surface area contributed by atoms with Crippen LogP contribution in [0.1, 0.15) is 43.2 Å². The van der Waals surface area contributed by atoms with Gasteiger partial charge in [-0.1, -0.05) is 6.92 Å². The lowest BCUT2D eigenvalue weighted by Gasteiger charge is -2.15. The van der Waals surface area contributed by atoms with Crippen LogP contribution in [0.5, 0.6) is 0 Å². The standard InChI is InChI=1S/C13H18F2N2O2/c1-4-8(2)16-11-6-9(12(18)19)5-10(17-11)7-13(3,14)15/h5-6,8H,4,7H2,1-3H3,(H,16,17)(H,18,19).